The largest absolute Gasteiger partial charge is 0.489 e. The minimum absolute atomic E-state index is 0.255. The monoisotopic (exact) mass is 405 g/mol. The summed E-state index contributed by atoms with van der Waals surface area (Å²) in [6, 6.07) is 13.9. The van der Waals surface area contributed by atoms with Crippen molar-refractivity contribution in [2.75, 3.05) is 18.0 Å². The third kappa shape index (κ3) is 3.50. The molecular formula is C17H16IN3O. The number of para-hydroxylation sites is 1. The van der Waals surface area contributed by atoms with Crippen LogP contribution in [0.5, 0.6) is 5.75 Å². The van der Waals surface area contributed by atoms with Crippen LogP contribution in [0.2, 0.25) is 0 Å². The third-order valence-electron chi connectivity index (χ3n) is 3.77. The van der Waals surface area contributed by atoms with Gasteiger partial charge in [-0.15, -0.1) is 0 Å². The number of nitrogens with zero attached hydrogens (tertiary/aromatic N) is 3. The maximum atomic E-state index is 8.82. The van der Waals surface area contributed by atoms with E-state index in [-0.39, 0.29) is 6.10 Å². The maximum absolute atomic E-state index is 8.82. The fourth-order valence-electron chi connectivity index (χ4n) is 2.56. The number of piperidine rings is 1. The van der Waals surface area contributed by atoms with Gasteiger partial charge >= 0.3 is 0 Å². The predicted molar refractivity (Wildman–Crippen MR) is 94.0 cm³/mol. The number of benzene rings is 1. The van der Waals surface area contributed by atoms with Crippen molar-refractivity contribution in [2.45, 2.75) is 18.9 Å². The first-order valence-electron chi connectivity index (χ1n) is 7.28. The number of halogens is 1. The van der Waals surface area contributed by atoms with Gasteiger partial charge in [0.1, 0.15) is 23.7 Å². The lowest BCUT2D eigenvalue weighted by Gasteiger charge is -2.33. The van der Waals surface area contributed by atoms with Crippen molar-refractivity contribution in [3.05, 3.63) is 51.7 Å². The minimum Gasteiger partial charge on any atom is -0.489 e. The first-order valence-corrected chi connectivity index (χ1v) is 8.36. The van der Waals surface area contributed by atoms with Crippen molar-refractivity contribution in [3.63, 3.8) is 0 Å². The number of anilines is 1. The van der Waals surface area contributed by atoms with Crippen LogP contribution in [-0.2, 0) is 0 Å². The molecule has 1 saturated heterocycles. The van der Waals surface area contributed by atoms with Crippen molar-refractivity contribution < 1.29 is 4.74 Å². The normalized spacial score (nSPS) is 15.4. The molecule has 22 heavy (non-hydrogen) atoms. The van der Waals surface area contributed by atoms with Gasteiger partial charge in [0.15, 0.2) is 0 Å². The molecule has 1 aliphatic rings. The molecule has 0 radical (unpaired) electrons. The topological polar surface area (TPSA) is 49.2 Å². The van der Waals surface area contributed by atoms with Crippen LogP contribution < -0.4 is 9.64 Å². The predicted octanol–water partition coefficient (Wildman–Crippen LogP) is 3.61. The van der Waals surface area contributed by atoms with Gasteiger partial charge in [-0.25, -0.2) is 4.98 Å². The lowest BCUT2D eigenvalue weighted by Crippen LogP contribution is -2.38. The molecule has 0 unspecified atom stereocenters. The zero-order valence-corrected chi connectivity index (χ0v) is 14.2. The second-order valence-corrected chi connectivity index (χ2v) is 6.41. The van der Waals surface area contributed by atoms with E-state index in [1.54, 1.807) is 6.20 Å². The number of hydrogen-bond donors (Lipinski definition) is 0. The van der Waals surface area contributed by atoms with E-state index in [2.05, 4.69) is 44.6 Å². The van der Waals surface area contributed by atoms with Crippen LogP contribution in [0, 0.1) is 14.9 Å². The van der Waals surface area contributed by atoms with Gasteiger partial charge in [-0.3, -0.25) is 0 Å². The molecule has 1 aliphatic heterocycles. The van der Waals surface area contributed by atoms with E-state index in [1.807, 2.05) is 30.3 Å². The number of ether oxygens (including phenoxy) is 1. The summed E-state index contributed by atoms with van der Waals surface area (Å²) in [6.07, 6.45) is 3.84. The highest BCUT2D eigenvalue weighted by atomic mass is 127. The second-order valence-electron chi connectivity index (χ2n) is 5.25. The summed E-state index contributed by atoms with van der Waals surface area (Å²) in [4.78, 5) is 6.60. The van der Waals surface area contributed by atoms with Crippen LogP contribution in [0.3, 0.4) is 0 Å². The summed E-state index contributed by atoms with van der Waals surface area (Å²) in [7, 11) is 0. The van der Waals surface area contributed by atoms with E-state index in [4.69, 9.17) is 10.00 Å². The van der Waals surface area contributed by atoms with Crippen LogP contribution in [0.25, 0.3) is 0 Å². The van der Waals surface area contributed by atoms with Gasteiger partial charge in [0, 0.05) is 32.1 Å². The van der Waals surface area contributed by atoms with Gasteiger partial charge in [-0.2, -0.15) is 5.26 Å². The molecule has 0 aliphatic carbocycles. The van der Waals surface area contributed by atoms with E-state index < -0.39 is 0 Å². The molecule has 112 valence electrons. The fourth-order valence-corrected chi connectivity index (χ4v) is 3.08. The van der Waals surface area contributed by atoms with E-state index in [0.717, 1.165) is 41.1 Å². The summed E-state index contributed by atoms with van der Waals surface area (Å²) in [5.74, 6) is 1.91. The molecule has 1 aromatic carbocycles. The SMILES string of the molecule is N#Cc1ccc(N2CCC(Oc3ccccc3I)CC2)nc1. The first-order chi connectivity index (χ1) is 10.8. The van der Waals surface area contributed by atoms with Gasteiger partial charge in [0.2, 0.25) is 0 Å². The molecule has 5 heteroatoms. The highest BCUT2D eigenvalue weighted by Crippen LogP contribution is 2.25. The molecule has 0 N–H and O–H groups in total. The van der Waals surface area contributed by atoms with Gasteiger partial charge in [-0.1, -0.05) is 12.1 Å². The molecule has 2 aromatic rings. The van der Waals surface area contributed by atoms with E-state index >= 15 is 0 Å². The zero-order chi connectivity index (χ0) is 15.4. The first kappa shape index (κ1) is 15.1. The molecule has 1 fully saturated rings. The Morgan fingerprint density at radius 3 is 2.59 bits per heavy atom. The summed E-state index contributed by atoms with van der Waals surface area (Å²) < 4.78 is 7.26. The lowest BCUT2D eigenvalue weighted by atomic mass is 10.1. The molecule has 0 saturated carbocycles. The Kier molecular flexibility index (Phi) is 4.78. The van der Waals surface area contributed by atoms with Crippen LogP contribution in [0.4, 0.5) is 5.82 Å². The highest BCUT2D eigenvalue weighted by Gasteiger charge is 2.21. The van der Waals surface area contributed by atoms with Crippen molar-refractivity contribution >= 4 is 28.4 Å². The Morgan fingerprint density at radius 1 is 1.18 bits per heavy atom. The zero-order valence-electron chi connectivity index (χ0n) is 12.1. The molecule has 4 nitrogen and oxygen atoms in total. The number of hydrogen-bond acceptors (Lipinski definition) is 4. The summed E-state index contributed by atoms with van der Waals surface area (Å²) in [5, 5.41) is 8.82. The highest BCUT2D eigenvalue weighted by molar-refractivity contribution is 14.1. The Morgan fingerprint density at radius 2 is 1.95 bits per heavy atom. The Balaban J connectivity index is 1.58. The number of rotatable bonds is 3. The lowest BCUT2D eigenvalue weighted by molar-refractivity contribution is 0.169. The number of aromatic nitrogens is 1. The van der Waals surface area contributed by atoms with Crippen LogP contribution >= 0.6 is 22.6 Å². The Hall–Kier alpha value is -1.81. The molecule has 3 rings (SSSR count). The fraction of sp³-hybridized carbons (Fsp3) is 0.294. The van der Waals surface area contributed by atoms with E-state index in [9.17, 15) is 0 Å². The van der Waals surface area contributed by atoms with Crippen molar-refractivity contribution in [1.82, 2.24) is 4.98 Å². The summed E-state index contributed by atoms with van der Waals surface area (Å²) in [5.41, 5.74) is 0.598. The van der Waals surface area contributed by atoms with Crippen molar-refractivity contribution in [2.24, 2.45) is 0 Å². The van der Waals surface area contributed by atoms with Crippen molar-refractivity contribution in [3.8, 4) is 11.8 Å². The molecule has 2 heterocycles. The smallest absolute Gasteiger partial charge is 0.133 e. The molecule has 0 atom stereocenters. The van der Waals surface area contributed by atoms with E-state index in [1.165, 1.54) is 0 Å². The van der Waals surface area contributed by atoms with E-state index in [0.29, 0.717) is 5.56 Å². The summed E-state index contributed by atoms with van der Waals surface area (Å²) >= 11 is 2.30. The van der Waals surface area contributed by atoms with Gasteiger partial charge in [0.25, 0.3) is 0 Å². The number of pyridine rings is 1. The van der Waals surface area contributed by atoms with Gasteiger partial charge < -0.3 is 9.64 Å². The van der Waals surface area contributed by atoms with Crippen LogP contribution in [-0.4, -0.2) is 24.2 Å². The standard InChI is InChI=1S/C17H16IN3O/c18-15-3-1-2-4-16(15)22-14-7-9-21(10-8-14)17-6-5-13(11-19)12-20-17/h1-6,12,14H,7-10H2. The minimum atomic E-state index is 0.255. The molecule has 1 aromatic heterocycles. The third-order valence-corrected chi connectivity index (χ3v) is 4.66. The molecular weight excluding hydrogens is 389 g/mol. The van der Waals surface area contributed by atoms with Crippen LogP contribution in [0.1, 0.15) is 18.4 Å². The summed E-state index contributed by atoms with van der Waals surface area (Å²) in [6.45, 7) is 1.85. The average Bonchev–Trinajstić information content (AvgIpc) is 2.58. The van der Waals surface area contributed by atoms with Gasteiger partial charge in [-0.05, 0) is 46.9 Å². The van der Waals surface area contributed by atoms with Crippen LogP contribution in [0.15, 0.2) is 42.6 Å². The Bertz CT molecular complexity index is 673. The molecule has 0 spiro atoms. The number of nitriles is 1. The quantitative estimate of drug-likeness (QED) is 0.733. The Labute approximate surface area is 143 Å². The second kappa shape index (κ2) is 6.97. The molecule has 0 bridgehead atoms. The maximum Gasteiger partial charge on any atom is 0.133 e. The van der Waals surface area contributed by atoms with Gasteiger partial charge in [0.05, 0.1) is 9.13 Å². The molecule has 0 amide bonds. The average molecular weight is 405 g/mol. The van der Waals surface area contributed by atoms with Crippen molar-refractivity contribution in [1.29, 1.82) is 5.26 Å².